The van der Waals surface area contributed by atoms with Crippen LogP contribution in [0.25, 0.3) is 11.1 Å². The van der Waals surface area contributed by atoms with Gasteiger partial charge in [-0.1, -0.05) is 79.7 Å². The highest BCUT2D eigenvalue weighted by Gasteiger charge is 2.36. The van der Waals surface area contributed by atoms with Crippen LogP contribution in [0, 0.1) is 11.3 Å². The Hall–Kier alpha value is -3.75. The minimum absolute atomic E-state index is 0.0256. The van der Waals surface area contributed by atoms with E-state index in [-0.39, 0.29) is 18.8 Å². The van der Waals surface area contributed by atoms with Crippen molar-refractivity contribution in [3.05, 3.63) is 95.6 Å². The van der Waals surface area contributed by atoms with Crippen molar-refractivity contribution in [3.8, 4) is 17.2 Å². The molecule has 174 valence electrons. The Bertz CT molecular complexity index is 1150. The summed E-state index contributed by atoms with van der Waals surface area (Å²) in [6, 6.07) is 27.0. The van der Waals surface area contributed by atoms with E-state index in [4.69, 9.17) is 4.74 Å². The van der Waals surface area contributed by atoms with Gasteiger partial charge in [0.2, 0.25) is 0 Å². The first-order chi connectivity index (χ1) is 16.4. The van der Waals surface area contributed by atoms with Crippen LogP contribution in [0.5, 0.6) is 0 Å². The SMILES string of the molecule is CCCC(=O)CC(C)(NCc1ccc(-c2ccccc2C#N)cc1)C(=O)OCc1ccccc1. The molecule has 0 fully saturated rings. The molecule has 34 heavy (non-hydrogen) atoms. The van der Waals surface area contributed by atoms with Crippen molar-refractivity contribution in [1.82, 2.24) is 5.32 Å². The fourth-order valence-electron chi connectivity index (χ4n) is 3.78. The van der Waals surface area contributed by atoms with Crippen LogP contribution in [0.3, 0.4) is 0 Å². The smallest absolute Gasteiger partial charge is 0.326 e. The first-order valence-corrected chi connectivity index (χ1v) is 11.5. The van der Waals surface area contributed by atoms with Crippen LogP contribution < -0.4 is 5.32 Å². The number of carbonyl (C=O) groups excluding carboxylic acids is 2. The maximum atomic E-state index is 13.0. The monoisotopic (exact) mass is 454 g/mol. The molecule has 0 aliphatic rings. The largest absolute Gasteiger partial charge is 0.459 e. The highest BCUT2D eigenvalue weighted by molar-refractivity contribution is 5.89. The van der Waals surface area contributed by atoms with Gasteiger partial charge in [-0.25, -0.2) is 0 Å². The van der Waals surface area contributed by atoms with Crippen molar-refractivity contribution in [3.63, 3.8) is 0 Å². The number of nitrogens with one attached hydrogen (secondary N) is 1. The summed E-state index contributed by atoms with van der Waals surface area (Å²) >= 11 is 0. The molecule has 0 saturated carbocycles. The van der Waals surface area contributed by atoms with Crippen molar-refractivity contribution in [1.29, 1.82) is 5.26 Å². The maximum Gasteiger partial charge on any atom is 0.326 e. The Labute approximate surface area is 201 Å². The zero-order valence-electron chi connectivity index (χ0n) is 19.7. The molecule has 0 radical (unpaired) electrons. The Kier molecular flexibility index (Phi) is 8.73. The van der Waals surface area contributed by atoms with Crippen molar-refractivity contribution in [2.75, 3.05) is 0 Å². The van der Waals surface area contributed by atoms with Crippen LogP contribution in [0.15, 0.2) is 78.9 Å². The summed E-state index contributed by atoms with van der Waals surface area (Å²) in [5.74, 6) is -0.419. The second-order valence-corrected chi connectivity index (χ2v) is 8.57. The van der Waals surface area contributed by atoms with E-state index in [0.29, 0.717) is 18.5 Å². The molecule has 3 rings (SSSR count). The third-order valence-corrected chi connectivity index (χ3v) is 5.74. The molecule has 1 atom stereocenters. The molecule has 0 amide bonds. The number of ketones is 1. The molecule has 0 spiro atoms. The maximum absolute atomic E-state index is 13.0. The fraction of sp³-hybridized carbons (Fsp3) is 0.276. The van der Waals surface area contributed by atoms with Crippen LogP contribution >= 0.6 is 0 Å². The van der Waals surface area contributed by atoms with Gasteiger partial charge in [0.15, 0.2) is 0 Å². The van der Waals surface area contributed by atoms with Gasteiger partial charge < -0.3 is 4.74 Å². The molecule has 0 aliphatic carbocycles. The molecule has 0 saturated heterocycles. The quantitative estimate of drug-likeness (QED) is 0.383. The van der Waals surface area contributed by atoms with Gasteiger partial charge in [-0.05, 0) is 41.7 Å². The second kappa shape index (κ2) is 11.9. The zero-order chi connectivity index (χ0) is 24.4. The summed E-state index contributed by atoms with van der Waals surface area (Å²) in [5.41, 5.74) is 3.17. The fourth-order valence-corrected chi connectivity index (χ4v) is 3.78. The van der Waals surface area contributed by atoms with E-state index < -0.39 is 11.5 Å². The van der Waals surface area contributed by atoms with E-state index >= 15 is 0 Å². The summed E-state index contributed by atoms with van der Waals surface area (Å²) in [5, 5.41) is 12.6. The average molecular weight is 455 g/mol. The number of hydrogen-bond donors (Lipinski definition) is 1. The van der Waals surface area contributed by atoms with Crippen LogP contribution in [0.4, 0.5) is 0 Å². The first kappa shape index (κ1) is 24.9. The van der Waals surface area contributed by atoms with Gasteiger partial charge >= 0.3 is 5.97 Å². The predicted octanol–water partition coefficient (Wildman–Crippen LogP) is 5.58. The van der Waals surface area contributed by atoms with Crippen molar-refractivity contribution in [2.24, 2.45) is 0 Å². The Balaban J connectivity index is 1.71. The van der Waals surface area contributed by atoms with Gasteiger partial charge in [-0.2, -0.15) is 5.26 Å². The third kappa shape index (κ3) is 6.63. The standard InChI is InChI=1S/C29H30N2O3/c1-3-9-26(32)18-29(2,28(33)34-21-23-10-5-4-6-11-23)31-20-22-14-16-24(17-15-22)27-13-8-7-12-25(27)19-30/h4-8,10-17,31H,3,9,18,20-21H2,1-2H3. The molecular weight excluding hydrogens is 424 g/mol. The predicted molar refractivity (Wildman–Crippen MR) is 133 cm³/mol. The van der Waals surface area contributed by atoms with E-state index in [1.54, 1.807) is 13.0 Å². The number of carbonyl (C=O) groups is 2. The molecule has 3 aromatic carbocycles. The van der Waals surface area contributed by atoms with Crippen LogP contribution in [0.2, 0.25) is 0 Å². The lowest BCUT2D eigenvalue weighted by molar-refractivity contribution is -0.154. The lowest BCUT2D eigenvalue weighted by atomic mass is 9.92. The first-order valence-electron chi connectivity index (χ1n) is 11.5. The molecule has 5 nitrogen and oxygen atoms in total. The highest BCUT2D eigenvalue weighted by atomic mass is 16.5. The molecule has 0 bridgehead atoms. The highest BCUT2D eigenvalue weighted by Crippen LogP contribution is 2.24. The number of Topliss-reactive ketones (excluding diaryl/α,β-unsaturated/α-hetero) is 1. The van der Waals surface area contributed by atoms with Crippen LogP contribution in [-0.4, -0.2) is 17.3 Å². The third-order valence-electron chi connectivity index (χ3n) is 5.74. The second-order valence-electron chi connectivity index (χ2n) is 8.57. The Morgan fingerprint density at radius 3 is 2.29 bits per heavy atom. The van der Waals surface area contributed by atoms with Gasteiger partial charge in [0.1, 0.15) is 17.9 Å². The van der Waals surface area contributed by atoms with Gasteiger partial charge in [0.05, 0.1) is 11.6 Å². The summed E-state index contributed by atoms with van der Waals surface area (Å²) in [6.07, 6.45) is 1.23. The number of hydrogen-bond acceptors (Lipinski definition) is 5. The zero-order valence-corrected chi connectivity index (χ0v) is 19.7. The number of benzene rings is 3. The molecule has 3 aromatic rings. The van der Waals surface area contributed by atoms with E-state index in [1.807, 2.05) is 79.7 Å². The molecule has 1 unspecified atom stereocenters. The normalized spacial score (nSPS) is 12.4. The molecule has 0 aliphatic heterocycles. The number of rotatable bonds is 11. The number of esters is 1. The summed E-state index contributed by atoms with van der Waals surface area (Å²) < 4.78 is 5.58. The molecule has 0 aromatic heterocycles. The van der Waals surface area contributed by atoms with E-state index in [9.17, 15) is 14.9 Å². The van der Waals surface area contributed by atoms with Crippen molar-refractivity contribution < 1.29 is 14.3 Å². The summed E-state index contributed by atoms with van der Waals surface area (Å²) in [6.45, 7) is 4.23. The molecule has 1 N–H and O–H groups in total. The van der Waals surface area contributed by atoms with Crippen LogP contribution in [-0.2, 0) is 27.5 Å². The van der Waals surface area contributed by atoms with E-state index in [1.165, 1.54) is 0 Å². The minimum Gasteiger partial charge on any atom is -0.459 e. The van der Waals surface area contributed by atoms with Crippen LogP contribution in [0.1, 0.15) is 49.8 Å². The molecule has 0 heterocycles. The van der Waals surface area contributed by atoms with Crippen molar-refractivity contribution >= 4 is 11.8 Å². The van der Waals surface area contributed by atoms with Gasteiger partial charge in [0.25, 0.3) is 0 Å². The summed E-state index contributed by atoms with van der Waals surface area (Å²) in [4.78, 5) is 25.5. The van der Waals surface area contributed by atoms with Gasteiger partial charge in [-0.3, -0.25) is 14.9 Å². The van der Waals surface area contributed by atoms with Gasteiger partial charge in [0, 0.05) is 19.4 Å². The number of ether oxygens (including phenoxy) is 1. The average Bonchev–Trinajstić information content (AvgIpc) is 2.87. The lowest BCUT2D eigenvalue weighted by Gasteiger charge is -2.28. The number of nitrogens with zero attached hydrogens (tertiary/aromatic N) is 1. The van der Waals surface area contributed by atoms with E-state index in [2.05, 4.69) is 11.4 Å². The summed E-state index contributed by atoms with van der Waals surface area (Å²) in [7, 11) is 0. The number of nitriles is 1. The minimum atomic E-state index is -1.13. The lowest BCUT2D eigenvalue weighted by Crippen LogP contribution is -2.51. The topological polar surface area (TPSA) is 79.2 Å². The Morgan fingerprint density at radius 2 is 1.62 bits per heavy atom. The van der Waals surface area contributed by atoms with E-state index in [0.717, 1.165) is 28.7 Å². The molecular formula is C29H30N2O3. The Morgan fingerprint density at radius 1 is 0.941 bits per heavy atom. The molecule has 5 heteroatoms. The van der Waals surface area contributed by atoms with Gasteiger partial charge in [-0.15, -0.1) is 0 Å². The van der Waals surface area contributed by atoms with Crippen molar-refractivity contribution in [2.45, 2.75) is 51.8 Å².